The van der Waals surface area contributed by atoms with Gasteiger partial charge in [-0.3, -0.25) is 14.7 Å². The first kappa shape index (κ1) is 28.3. The molecule has 2 N–H and O–H groups in total. The van der Waals surface area contributed by atoms with Crippen LogP contribution in [0, 0.1) is 0 Å². The third kappa shape index (κ3) is 6.04. The number of anilines is 1. The fraction of sp³-hybridized carbons (Fsp3) is 0.323. The summed E-state index contributed by atoms with van der Waals surface area (Å²) in [5.41, 5.74) is 3.80. The summed E-state index contributed by atoms with van der Waals surface area (Å²) in [4.78, 5) is 39.5. The Kier molecular flexibility index (Phi) is 8.24. The molecule has 0 unspecified atom stereocenters. The number of nitrogens with one attached hydrogen (secondary N) is 2. The number of piperidine rings is 1. The van der Waals surface area contributed by atoms with Crippen molar-refractivity contribution in [3.63, 3.8) is 0 Å². The fourth-order valence-electron chi connectivity index (χ4n) is 5.64. The molecule has 0 saturated carbocycles. The molecule has 0 bridgehead atoms. The zero-order valence-electron chi connectivity index (χ0n) is 23.5. The van der Waals surface area contributed by atoms with Crippen LogP contribution in [0.2, 0.25) is 10.0 Å². The van der Waals surface area contributed by atoms with Crippen molar-refractivity contribution in [1.29, 1.82) is 0 Å². The van der Waals surface area contributed by atoms with Crippen molar-refractivity contribution < 1.29 is 4.79 Å². The molecule has 3 aromatic heterocycles. The van der Waals surface area contributed by atoms with E-state index in [-0.39, 0.29) is 18.0 Å². The quantitative estimate of drug-likeness (QED) is 0.209. The molecule has 9 nitrogen and oxygen atoms in total. The summed E-state index contributed by atoms with van der Waals surface area (Å²) in [5.74, 6) is 1.29. The monoisotopic (exact) mass is 602 g/mol. The minimum absolute atomic E-state index is 0.0692. The lowest BCUT2D eigenvalue weighted by Crippen LogP contribution is -2.48. The van der Waals surface area contributed by atoms with E-state index in [2.05, 4.69) is 42.2 Å². The molecule has 4 heterocycles. The SMILES string of the molecule is C[C@@H](Nc1ncnc2cc(C(=O)N3CCCC[C@@H]3CN(C)Cc3ccccn3)c(Cl)cc12)c1nc2cc(Cl)ccc2[nH]1. The average Bonchev–Trinajstić information content (AvgIpc) is 3.41. The van der Waals surface area contributed by atoms with Crippen molar-refractivity contribution in [3.8, 4) is 0 Å². The molecule has 1 aliphatic heterocycles. The lowest BCUT2D eigenvalue weighted by molar-refractivity contribution is 0.0557. The molecule has 11 heteroatoms. The van der Waals surface area contributed by atoms with Crippen LogP contribution >= 0.6 is 23.2 Å². The van der Waals surface area contributed by atoms with Gasteiger partial charge in [0.1, 0.15) is 18.0 Å². The average molecular weight is 604 g/mol. The van der Waals surface area contributed by atoms with Gasteiger partial charge in [0, 0.05) is 42.3 Å². The second kappa shape index (κ2) is 12.2. The summed E-state index contributed by atoms with van der Waals surface area (Å²) in [6.45, 7) is 4.18. The largest absolute Gasteiger partial charge is 0.360 e. The van der Waals surface area contributed by atoms with Crippen LogP contribution in [0.15, 0.2) is 61.1 Å². The lowest BCUT2D eigenvalue weighted by Gasteiger charge is -2.38. The van der Waals surface area contributed by atoms with Crippen LogP contribution in [0.3, 0.4) is 0 Å². The number of fused-ring (bicyclic) bond motifs is 2. The van der Waals surface area contributed by atoms with Gasteiger partial charge in [-0.1, -0.05) is 29.3 Å². The number of amides is 1. The molecule has 0 radical (unpaired) electrons. The molecule has 2 atom stereocenters. The summed E-state index contributed by atoms with van der Waals surface area (Å²) in [7, 11) is 2.07. The molecule has 2 aromatic carbocycles. The number of likely N-dealkylation sites (N-methyl/N-ethyl adjacent to an activating group) is 1. The third-order valence-electron chi connectivity index (χ3n) is 7.75. The van der Waals surface area contributed by atoms with Crippen molar-refractivity contribution in [2.75, 3.05) is 25.5 Å². The lowest BCUT2D eigenvalue weighted by atomic mass is 9.99. The Balaban J connectivity index is 1.21. The maximum absolute atomic E-state index is 13.9. The van der Waals surface area contributed by atoms with Crippen LogP contribution < -0.4 is 5.32 Å². The van der Waals surface area contributed by atoms with Crippen molar-refractivity contribution in [3.05, 3.63) is 88.2 Å². The van der Waals surface area contributed by atoms with Crippen molar-refractivity contribution in [2.24, 2.45) is 0 Å². The third-order valence-corrected chi connectivity index (χ3v) is 8.30. The standard InChI is InChI=1S/C31H32Cl2N8O/c1-19(29-38-26-10-9-20(32)13-28(26)39-29)37-30-24-14-25(33)23(15-27(24)35-18-36-30)31(42)41-12-6-4-8-22(41)17-40(2)16-21-7-3-5-11-34-21/h3,5,7,9-11,13-15,18-19,22H,4,6,8,12,16-17H2,1-2H3,(H,38,39)(H,35,36,37)/t19-,22-/m1/s1. The maximum atomic E-state index is 13.9. The van der Waals surface area contributed by atoms with E-state index in [1.807, 2.05) is 54.4 Å². The van der Waals surface area contributed by atoms with Crippen molar-refractivity contribution in [1.82, 2.24) is 34.7 Å². The predicted octanol–water partition coefficient (Wildman–Crippen LogP) is 6.51. The van der Waals surface area contributed by atoms with Gasteiger partial charge in [-0.15, -0.1) is 0 Å². The van der Waals surface area contributed by atoms with E-state index in [1.54, 1.807) is 12.1 Å². The van der Waals surface area contributed by atoms with Gasteiger partial charge in [0.15, 0.2) is 0 Å². The number of carbonyl (C=O) groups excluding carboxylic acids is 1. The Morgan fingerprint density at radius 3 is 2.83 bits per heavy atom. The van der Waals surface area contributed by atoms with Crippen LogP contribution in [0.25, 0.3) is 21.9 Å². The molecule has 1 amide bonds. The van der Waals surface area contributed by atoms with E-state index >= 15 is 0 Å². The number of carbonyl (C=O) groups is 1. The van der Waals surface area contributed by atoms with E-state index < -0.39 is 0 Å². The van der Waals surface area contributed by atoms with Crippen molar-refractivity contribution >= 4 is 56.9 Å². The van der Waals surface area contributed by atoms with Gasteiger partial charge in [-0.2, -0.15) is 0 Å². The summed E-state index contributed by atoms with van der Waals surface area (Å²) in [6.07, 6.45) is 6.32. The fourth-order valence-corrected chi connectivity index (χ4v) is 6.05. The Bertz CT molecular complexity index is 1730. The highest BCUT2D eigenvalue weighted by Gasteiger charge is 2.30. The van der Waals surface area contributed by atoms with E-state index in [9.17, 15) is 4.79 Å². The molecule has 6 rings (SSSR count). The normalized spacial score (nSPS) is 16.3. The Labute approximate surface area is 254 Å². The van der Waals surface area contributed by atoms with Gasteiger partial charge in [0.25, 0.3) is 5.91 Å². The first-order valence-electron chi connectivity index (χ1n) is 14.1. The van der Waals surface area contributed by atoms with Crippen LogP contribution in [-0.2, 0) is 6.54 Å². The maximum Gasteiger partial charge on any atom is 0.255 e. The number of benzene rings is 2. The number of aromatic nitrogens is 5. The van der Waals surface area contributed by atoms with Gasteiger partial charge >= 0.3 is 0 Å². The minimum Gasteiger partial charge on any atom is -0.360 e. The van der Waals surface area contributed by atoms with Gasteiger partial charge in [-0.25, -0.2) is 15.0 Å². The molecule has 0 aliphatic carbocycles. The highest BCUT2D eigenvalue weighted by atomic mass is 35.5. The Morgan fingerprint density at radius 1 is 1.12 bits per heavy atom. The molecule has 1 fully saturated rings. The number of nitrogens with zero attached hydrogens (tertiary/aromatic N) is 6. The van der Waals surface area contributed by atoms with E-state index in [0.29, 0.717) is 33.5 Å². The van der Waals surface area contributed by atoms with Crippen LogP contribution in [0.1, 0.15) is 54.1 Å². The first-order valence-corrected chi connectivity index (χ1v) is 14.9. The first-order chi connectivity index (χ1) is 20.4. The van der Waals surface area contributed by atoms with Gasteiger partial charge in [0.2, 0.25) is 0 Å². The number of hydrogen-bond acceptors (Lipinski definition) is 7. The second-order valence-corrected chi connectivity index (χ2v) is 11.7. The zero-order chi connectivity index (χ0) is 29.2. The molecule has 0 spiro atoms. The topological polar surface area (TPSA) is 103 Å². The predicted molar refractivity (Wildman–Crippen MR) is 167 cm³/mol. The molecule has 42 heavy (non-hydrogen) atoms. The van der Waals surface area contributed by atoms with Gasteiger partial charge < -0.3 is 15.2 Å². The van der Waals surface area contributed by atoms with Crippen molar-refractivity contribution in [2.45, 2.75) is 44.8 Å². The molecular weight excluding hydrogens is 571 g/mol. The van der Waals surface area contributed by atoms with E-state index in [4.69, 9.17) is 23.2 Å². The van der Waals surface area contributed by atoms with Crippen LogP contribution in [0.5, 0.6) is 0 Å². The highest BCUT2D eigenvalue weighted by molar-refractivity contribution is 6.35. The van der Waals surface area contributed by atoms with Crippen LogP contribution in [-0.4, -0.2) is 66.8 Å². The van der Waals surface area contributed by atoms with E-state index in [1.165, 1.54) is 6.33 Å². The van der Waals surface area contributed by atoms with Crippen LogP contribution in [0.4, 0.5) is 5.82 Å². The molecule has 5 aromatic rings. The second-order valence-electron chi connectivity index (χ2n) is 10.9. The molecule has 1 aliphatic rings. The summed E-state index contributed by atoms with van der Waals surface area (Å²) < 4.78 is 0. The number of rotatable bonds is 8. The smallest absolute Gasteiger partial charge is 0.255 e. The van der Waals surface area contributed by atoms with E-state index in [0.717, 1.165) is 60.3 Å². The number of pyridine rings is 1. The molecular formula is C31H32Cl2N8O. The van der Waals surface area contributed by atoms with Gasteiger partial charge in [0.05, 0.1) is 38.9 Å². The Hall–Kier alpha value is -3.79. The zero-order valence-corrected chi connectivity index (χ0v) is 25.0. The number of imidazole rings is 1. The number of aromatic amines is 1. The summed E-state index contributed by atoms with van der Waals surface area (Å²) in [5, 5.41) is 5.17. The molecule has 1 saturated heterocycles. The summed E-state index contributed by atoms with van der Waals surface area (Å²) >= 11 is 12.9. The molecule has 216 valence electrons. The number of H-pyrrole nitrogens is 1. The Morgan fingerprint density at radius 2 is 2.00 bits per heavy atom. The summed E-state index contributed by atoms with van der Waals surface area (Å²) in [6, 6.07) is 15.0. The highest BCUT2D eigenvalue weighted by Crippen LogP contribution is 2.31. The minimum atomic E-state index is -0.188. The number of halogens is 2. The number of hydrogen-bond donors (Lipinski definition) is 2. The number of likely N-dealkylation sites (tertiary alicyclic amines) is 1. The van der Waals surface area contributed by atoms with Gasteiger partial charge in [-0.05, 0) is 75.7 Å².